The topological polar surface area (TPSA) is 71.1 Å². The van der Waals surface area contributed by atoms with Crippen LogP contribution in [0.5, 0.6) is 0 Å². The van der Waals surface area contributed by atoms with E-state index in [1.54, 1.807) is 24.3 Å². The third kappa shape index (κ3) is 3.97. The zero-order valence-corrected chi connectivity index (χ0v) is 14.7. The van der Waals surface area contributed by atoms with Crippen LogP contribution < -0.4 is 10.6 Å². The van der Waals surface area contributed by atoms with Crippen molar-refractivity contribution in [1.82, 2.24) is 15.6 Å². The maximum atomic E-state index is 12.4. The molecule has 0 aliphatic heterocycles. The molecule has 2 heterocycles. The number of nitrogens with one attached hydrogen (secondary N) is 2. The van der Waals surface area contributed by atoms with E-state index in [1.807, 2.05) is 23.8 Å². The van der Waals surface area contributed by atoms with Crippen molar-refractivity contribution in [3.8, 4) is 0 Å². The van der Waals surface area contributed by atoms with Crippen LogP contribution in [0.1, 0.15) is 46.2 Å². The monoisotopic (exact) mass is 349 g/mol. The van der Waals surface area contributed by atoms with Gasteiger partial charge < -0.3 is 10.6 Å². The standard InChI is InChI=1S/C16H19N3O2S2/c1-9-8-23-16(17-9)13(11-5-6-11)19-14(20)10(2)18-15(21)12-4-3-7-22-12/h3-4,7-8,10-11,13H,5-6H2,1-2H3,(H,18,21)(H,19,20). The van der Waals surface area contributed by atoms with Gasteiger partial charge in [0, 0.05) is 11.1 Å². The van der Waals surface area contributed by atoms with Crippen molar-refractivity contribution in [3.05, 3.63) is 38.5 Å². The summed E-state index contributed by atoms with van der Waals surface area (Å²) in [4.78, 5) is 29.6. The van der Waals surface area contributed by atoms with E-state index in [9.17, 15) is 9.59 Å². The van der Waals surface area contributed by atoms with E-state index in [1.165, 1.54) is 11.3 Å². The summed E-state index contributed by atoms with van der Waals surface area (Å²) in [6.07, 6.45) is 2.22. The molecule has 0 radical (unpaired) electrons. The molecule has 2 N–H and O–H groups in total. The Kier molecular flexibility index (Phi) is 4.77. The number of hydrogen-bond donors (Lipinski definition) is 2. The normalized spacial score (nSPS) is 16.6. The first-order chi connectivity index (χ1) is 11.0. The zero-order valence-electron chi connectivity index (χ0n) is 13.0. The van der Waals surface area contributed by atoms with Gasteiger partial charge >= 0.3 is 0 Å². The smallest absolute Gasteiger partial charge is 0.261 e. The summed E-state index contributed by atoms with van der Waals surface area (Å²) < 4.78 is 0. The van der Waals surface area contributed by atoms with Crippen molar-refractivity contribution < 1.29 is 9.59 Å². The Morgan fingerprint density at radius 1 is 1.30 bits per heavy atom. The van der Waals surface area contributed by atoms with Crippen molar-refractivity contribution in [1.29, 1.82) is 0 Å². The van der Waals surface area contributed by atoms with Crippen molar-refractivity contribution in [2.24, 2.45) is 5.92 Å². The van der Waals surface area contributed by atoms with Gasteiger partial charge in [-0.25, -0.2) is 4.98 Å². The van der Waals surface area contributed by atoms with Crippen LogP contribution in [0.3, 0.4) is 0 Å². The minimum absolute atomic E-state index is 0.0395. The Bertz CT molecular complexity index is 692. The Labute approximate surface area is 143 Å². The van der Waals surface area contributed by atoms with E-state index in [4.69, 9.17) is 0 Å². The third-order valence-corrected chi connectivity index (χ3v) is 5.69. The number of carbonyl (C=O) groups excluding carboxylic acids is 2. The van der Waals surface area contributed by atoms with Gasteiger partial charge in [-0.05, 0) is 44.1 Å². The van der Waals surface area contributed by atoms with Crippen LogP contribution in [0, 0.1) is 12.8 Å². The molecule has 0 bridgehead atoms. The molecule has 2 amide bonds. The lowest BCUT2D eigenvalue weighted by Gasteiger charge is -2.19. The molecule has 2 atom stereocenters. The SMILES string of the molecule is Cc1csc(C(NC(=O)C(C)NC(=O)c2cccs2)C2CC2)n1. The van der Waals surface area contributed by atoms with Crippen LogP contribution in [0.25, 0.3) is 0 Å². The van der Waals surface area contributed by atoms with E-state index in [-0.39, 0.29) is 17.9 Å². The second-order valence-corrected chi connectivity index (χ2v) is 7.66. The number of amides is 2. The van der Waals surface area contributed by atoms with Crippen LogP contribution in [-0.4, -0.2) is 22.8 Å². The highest BCUT2D eigenvalue weighted by molar-refractivity contribution is 7.12. The molecule has 7 heteroatoms. The van der Waals surface area contributed by atoms with Gasteiger partial charge in [0.15, 0.2) is 0 Å². The summed E-state index contributed by atoms with van der Waals surface area (Å²) in [6.45, 7) is 3.66. The minimum atomic E-state index is -0.577. The van der Waals surface area contributed by atoms with Crippen molar-refractivity contribution in [3.63, 3.8) is 0 Å². The van der Waals surface area contributed by atoms with Gasteiger partial charge in [-0.1, -0.05) is 6.07 Å². The van der Waals surface area contributed by atoms with Gasteiger partial charge in [0.25, 0.3) is 5.91 Å². The Morgan fingerprint density at radius 3 is 2.65 bits per heavy atom. The number of thiazole rings is 1. The maximum Gasteiger partial charge on any atom is 0.261 e. The molecule has 1 fully saturated rings. The van der Waals surface area contributed by atoms with E-state index < -0.39 is 6.04 Å². The molecule has 1 aliphatic carbocycles. The molecule has 5 nitrogen and oxygen atoms in total. The summed E-state index contributed by atoms with van der Waals surface area (Å²) in [6, 6.07) is 2.95. The largest absolute Gasteiger partial charge is 0.345 e. The van der Waals surface area contributed by atoms with Gasteiger partial charge in [-0.2, -0.15) is 0 Å². The molecule has 2 aromatic rings. The van der Waals surface area contributed by atoms with E-state index in [0.29, 0.717) is 10.8 Å². The average molecular weight is 349 g/mol. The van der Waals surface area contributed by atoms with Crippen molar-refractivity contribution >= 4 is 34.5 Å². The van der Waals surface area contributed by atoms with Crippen LogP contribution in [0.4, 0.5) is 0 Å². The highest BCUT2D eigenvalue weighted by Crippen LogP contribution is 2.41. The zero-order chi connectivity index (χ0) is 16.4. The number of rotatable bonds is 6. The summed E-state index contributed by atoms with van der Waals surface area (Å²) in [5, 5.41) is 10.6. The first-order valence-electron chi connectivity index (χ1n) is 7.61. The molecule has 2 aromatic heterocycles. The maximum absolute atomic E-state index is 12.4. The first kappa shape index (κ1) is 16.1. The van der Waals surface area contributed by atoms with E-state index in [2.05, 4.69) is 15.6 Å². The van der Waals surface area contributed by atoms with E-state index in [0.717, 1.165) is 23.5 Å². The lowest BCUT2D eigenvalue weighted by Crippen LogP contribution is -2.46. The summed E-state index contributed by atoms with van der Waals surface area (Å²) in [5.41, 5.74) is 0.976. The molecule has 0 aromatic carbocycles. The fourth-order valence-corrected chi connectivity index (χ4v) is 3.91. The lowest BCUT2D eigenvalue weighted by atomic mass is 10.1. The molecule has 23 heavy (non-hydrogen) atoms. The summed E-state index contributed by atoms with van der Waals surface area (Å²) in [5.74, 6) is 0.0834. The highest BCUT2D eigenvalue weighted by atomic mass is 32.1. The predicted octanol–water partition coefficient (Wildman–Crippen LogP) is 2.90. The van der Waals surface area contributed by atoms with Crippen molar-refractivity contribution in [2.75, 3.05) is 0 Å². The lowest BCUT2D eigenvalue weighted by molar-refractivity contribution is -0.123. The van der Waals surface area contributed by atoms with Crippen LogP contribution in [0.15, 0.2) is 22.9 Å². The number of aromatic nitrogens is 1. The molecule has 2 unspecified atom stereocenters. The molecule has 0 spiro atoms. The third-order valence-electron chi connectivity index (χ3n) is 3.78. The van der Waals surface area contributed by atoms with Gasteiger partial charge in [0.05, 0.1) is 10.9 Å². The van der Waals surface area contributed by atoms with Gasteiger partial charge in [-0.15, -0.1) is 22.7 Å². The van der Waals surface area contributed by atoms with Gasteiger partial charge in [0.2, 0.25) is 5.91 Å². The highest BCUT2D eigenvalue weighted by Gasteiger charge is 2.36. The van der Waals surface area contributed by atoms with Crippen molar-refractivity contribution in [2.45, 2.75) is 38.8 Å². The molecular formula is C16H19N3O2S2. The molecule has 1 saturated carbocycles. The summed E-state index contributed by atoms with van der Waals surface area (Å²) >= 11 is 2.94. The number of thiophene rings is 1. The number of carbonyl (C=O) groups is 2. The number of nitrogens with zero attached hydrogens (tertiary/aromatic N) is 1. The fraction of sp³-hybridized carbons (Fsp3) is 0.438. The fourth-order valence-electron chi connectivity index (χ4n) is 2.35. The van der Waals surface area contributed by atoms with Crippen LogP contribution >= 0.6 is 22.7 Å². The summed E-state index contributed by atoms with van der Waals surface area (Å²) in [7, 11) is 0. The first-order valence-corrected chi connectivity index (χ1v) is 9.37. The molecule has 3 rings (SSSR count). The molecule has 122 valence electrons. The second-order valence-electron chi connectivity index (χ2n) is 5.82. The second kappa shape index (κ2) is 6.80. The predicted molar refractivity (Wildman–Crippen MR) is 91.7 cm³/mol. The van der Waals surface area contributed by atoms with Gasteiger partial charge in [0.1, 0.15) is 11.0 Å². The average Bonchev–Trinajstić information content (AvgIpc) is 3.03. The Balaban J connectivity index is 1.61. The van der Waals surface area contributed by atoms with Gasteiger partial charge in [-0.3, -0.25) is 9.59 Å². The Hall–Kier alpha value is -1.73. The van der Waals surface area contributed by atoms with Crippen LogP contribution in [-0.2, 0) is 4.79 Å². The molecule has 0 saturated heterocycles. The van der Waals surface area contributed by atoms with E-state index >= 15 is 0 Å². The molecule has 1 aliphatic rings. The minimum Gasteiger partial charge on any atom is -0.345 e. The Morgan fingerprint density at radius 2 is 2.09 bits per heavy atom. The number of aryl methyl sites for hydroxylation is 1. The van der Waals surface area contributed by atoms with Crippen LogP contribution in [0.2, 0.25) is 0 Å². The molecular weight excluding hydrogens is 330 g/mol. The number of hydrogen-bond acceptors (Lipinski definition) is 5. The quantitative estimate of drug-likeness (QED) is 0.842.